The number of anilines is 1. The fraction of sp³-hybridized carbons (Fsp3) is 0.357. The molecule has 0 radical (unpaired) electrons. The lowest BCUT2D eigenvalue weighted by Gasteiger charge is -2.14. The Morgan fingerprint density at radius 2 is 2.06 bits per heavy atom. The highest BCUT2D eigenvalue weighted by Crippen LogP contribution is 2.28. The van der Waals surface area contributed by atoms with Crippen molar-refractivity contribution in [3.8, 4) is 0 Å². The van der Waals surface area contributed by atoms with Gasteiger partial charge in [0.25, 0.3) is 0 Å². The average molecular weight is 247 g/mol. The Kier molecular flexibility index (Phi) is 3.28. The van der Waals surface area contributed by atoms with Crippen LogP contribution in [0, 0.1) is 6.92 Å². The minimum absolute atomic E-state index is 0.252. The second kappa shape index (κ2) is 4.72. The van der Waals surface area contributed by atoms with Crippen molar-refractivity contribution in [2.45, 2.75) is 13.8 Å². The molecule has 0 fully saturated rings. The highest BCUT2D eigenvalue weighted by atomic mass is 16.5. The number of nitrogens with zero attached hydrogens (tertiary/aromatic N) is 1. The van der Waals surface area contributed by atoms with Gasteiger partial charge in [-0.05, 0) is 31.5 Å². The van der Waals surface area contributed by atoms with Crippen LogP contribution in [-0.4, -0.2) is 26.7 Å². The quantitative estimate of drug-likeness (QED) is 0.782. The lowest BCUT2D eigenvalue weighted by molar-refractivity contribution is 0.0492. The van der Waals surface area contributed by atoms with Crippen LogP contribution >= 0.6 is 0 Å². The van der Waals surface area contributed by atoms with Gasteiger partial charge in [-0.3, -0.25) is 0 Å². The normalized spacial score (nSPS) is 10.7. The first kappa shape index (κ1) is 12.5. The van der Waals surface area contributed by atoms with E-state index in [4.69, 9.17) is 9.15 Å². The molecule has 0 aliphatic rings. The number of benzene rings is 1. The smallest absolute Gasteiger partial charge is 0.374 e. The third-order valence-electron chi connectivity index (χ3n) is 2.79. The van der Waals surface area contributed by atoms with E-state index in [9.17, 15) is 4.79 Å². The maximum atomic E-state index is 11.6. The number of ether oxygens (including phenoxy) is 1. The molecule has 0 bridgehead atoms. The standard InChI is InChI=1S/C14H17NO3/c1-5-17-14(16)13-7-10-6-9(2)11(15(3)4)8-12(10)18-13/h6-8H,5H2,1-4H3. The van der Waals surface area contributed by atoms with E-state index in [0.717, 1.165) is 16.6 Å². The Hall–Kier alpha value is -1.97. The third-order valence-corrected chi connectivity index (χ3v) is 2.79. The highest BCUT2D eigenvalue weighted by molar-refractivity contribution is 5.93. The molecule has 0 spiro atoms. The van der Waals surface area contributed by atoms with Crippen LogP contribution < -0.4 is 4.90 Å². The van der Waals surface area contributed by atoms with Gasteiger partial charge in [0, 0.05) is 31.2 Å². The van der Waals surface area contributed by atoms with E-state index < -0.39 is 5.97 Å². The predicted molar refractivity (Wildman–Crippen MR) is 71.2 cm³/mol. The van der Waals surface area contributed by atoms with Crippen LogP contribution in [0.3, 0.4) is 0 Å². The van der Waals surface area contributed by atoms with Crippen LogP contribution in [-0.2, 0) is 4.74 Å². The highest BCUT2D eigenvalue weighted by Gasteiger charge is 2.14. The zero-order chi connectivity index (χ0) is 13.3. The topological polar surface area (TPSA) is 42.7 Å². The minimum Gasteiger partial charge on any atom is -0.460 e. The number of esters is 1. The maximum absolute atomic E-state index is 11.6. The molecule has 0 saturated carbocycles. The number of hydrogen-bond donors (Lipinski definition) is 0. The van der Waals surface area contributed by atoms with Crippen molar-refractivity contribution < 1.29 is 13.9 Å². The molecule has 2 aromatic rings. The molecule has 1 aromatic carbocycles. The molecule has 4 heteroatoms. The van der Waals surface area contributed by atoms with Crippen LogP contribution in [0.2, 0.25) is 0 Å². The summed E-state index contributed by atoms with van der Waals surface area (Å²) in [7, 11) is 3.95. The Morgan fingerprint density at radius 1 is 1.33 bits per heavy atom. The first-order valence-electron chi connectivity index (χ1n) is 5.91. The van der Waals surface area contributed by atoms with E-state index in [1.165, 1.54) is 0 Å². The van der Waals surface area contributed by atoms with Crippen LogP contribution in [0.15, 0.2) is 22.6 Å². The summed E-state index contributed by atoms with van der Waals surface area (Å²) in [4.78, 5) is 13.6. The van der Waals surface area contributed by atoms with Crippen molar-refractivity contribution >= 4 is 22.6 Å². The number of carbonyl (C=O) groups excluding carboxylic acids is 1. The van der Waals surface area contributed by atoms with E-state index in [-0.39, 0.29) is 5.76 Å². The summed E-state index contributed by atoms with van der Waals surface area (Å²) in [6.07, 6.45) is 0. The minimum atomic E-state index is -0.419. The molecule has 4 nitrogen and oxygen atoms in total. The summed E-state index contributed by atoms with van der Waals surface area (Å²) in [5.74, 6) is -0.167. The number of furan rings is 1. The summed E-state index contributed by atoms with van der Waals surface area (Å²) in [5, 5.41) is 0.918. The van der Waals surface area contributed by atoms with Gasteiger partial charge < -0.3 is 14.1 Å². The van der Waals surface area contributed by atoms with Gasteiger partial charge in [0.1, 0.15) is 5.58 Å². The molecule has 0 unspecified atom stereocenters. The predicted octanol–water partition coefficient (Wildman–Crippen LogP) is 2.98. The molecule has 0 aliphatic carbocycles. The Labute approximate surface area is 106 Å². The number of fused-ring (bicyclic) bond motifs is 1. The Bertz CT molecular complexity index is 584. The van der Waals surface area contributed by atoms with Crippen molar-refractivity contribution in [3.63, 3.8) is 0 Å². The van der Waals surface area contributed by atoms with Crippen molar-refractivity contribution in [2.24, 2.45) is 0 Å². The van der Waals surface area contributed by atoms with Gasteiger partial charge in [0.05, 0.1) is 6.61 Å². The molecule has 18 heavy (non-hydrogen) atoms. The summed E-state index contributed by atoms with van der Waals surface area (Å²) in [6, 6.07) is 5.67. The SMILES string of the molecule is CCOC(=O)c1cc2cc(C)c(N(C)C)cc2o1. The third kappa shape index (κ3) is 2.18. The van der Waals surface area contributed by atoms with Crippen molar-refractivity contribution in [1.82, 2.24) is 0 Å². The van der Waals surface area contributed by atoms with Gasteiger partial charge in [-0.15, -0.1) is 0 Å². The van der Waals surface area contributed by atoms with Crippen molar-refractivity contribution in [1.29, 1.82) is 0 Å². The van der Waals surface area contributed by atoms with Crippen LogP contribution in [0.4, 0.5) is 5.69 Å². The van der Waals surface area contributed by atoms with E-state index in [1.54, 1.807) is 13.0 Å². The molecule has 1 heterocycles. The lowest BCUT2D eigenvalue weighted by Crippen LogP contribution is -2.09. The number of rotatable bonds is 3. The molecule has 0 amide bonds. The van der Waals surface area contributed by atoms with Gasteiger partial charge in [0.2, 0.25) is 5.76 Å². The Balaban J connectivity index is 2.48. The fourth-order valence-corrected chi connectivity index (χ4v) is 1.97. The van der Waals surface area contributed by atoms with Gasteiger partial charge in [-0.25, -0.2) is 4.79 Å². The molecule has 0 atom stereocenters. The van der Waals surface area contributed by atoms with Crippen LogP contribution in [0.1, 0.15) is 23.0 Å². The lowest BCUT2D eigenvalue weighted by atomic mass is 10.1. The largest absolute Gasteiger partial charge is 0.460 e. The summed E-state index contributed by atoms with van der Waals surface area (Å²) >= 11 is 0. The molecule has 2 rings (SSSR count). The zero-order valence-electron chi connectivity index (χ0n) is 11.1. The fourth-order valence-electron chi connectivity index (χ4n) is 1.97. The van der Waals surface area contributed by atoms with Gasteiger partial charge in [0.15, 0.2) is 0 Å². The van der Waals surface area contributed by atoms with E-state index in [1.807, 2.05) is 38.1 Å². The van der Waals surface area contributed by atoms with E-state index >= 15 is 0 Å². The van der Waals surface area contributed by atoms with Gasteiger partial charge in [-0.2, -0.15) is 0 Å². The van der Waals surface area contributed by atoms with E-state index in [2.05, 4.69) is 0 Å². The molecular formula is C14H17NO3. The zero-order valence-corrected chi connectivity index (χ0v) is 11.1. The van der Waals surface area contributed by atoms with Gasteiger partial charge >= 0.3 is 5.97 Å². The second-order valence-corrected chi connectivity index (χ2v) is 4.40. The summed E-state index contributed by atoms with van der Waals surface area (Å²) in [5.41, 5.74) is 2.92. The molecule has 0 saturated heterocycles. The van der Waals surface area contributed by atoms with Crippen molar-refractivity contribution in [3.05, 3.63) is 29.5 Å². The molecule has 0 N–H and O–H groups in total. The number of carbonyl (C=O) groups is 1. The molecule has 0 aliphatic heterocycles. The number of aryl methyl sites for hydroxylation is 1. The monoisotopic (exact) mass is 247 g/mol. The molecule has 1 aromatic heterocycles. The van der Waals surface area contributed by atoms with Gasteiger partial charge in [-0.1, -0.05) is 0 Å². The average Bonchev–Trinajstić information content (AvgIpc) is 2.70. The first-order valence-corrected chi connectivity index (χ1v) is 5.91. The molecular weight excluding hydrogens is 230 g/mol. The maximum Gasteiger partial charge on any atom is 0.374 e. The van der Waals surface area contributed by atoms with Crippen LogP contribution in [0.25, 0.3) is 11.0 Å². The first-order chi connectivity index (χ1) is 8.52. The Morgan fingerprint density at radius 3 is 2.67 bits per heavy atom. The second-order valence-electron chi connectivity index (χ2n) is 4.40. The summed E-state index contributed by atoms with van der Waals surface area (Å²) < 4.78 is 10.4. The molecule has 96 valence electrons. The summed E-state index contributed by atoms with van der Waals surface area (Å²) in [6.45, 7) is 4.15. The number of hydrogen-bond acceptors (Lipinski definition) is 4. The van der Waals surface area contributed by atoms with Crippen LogP contribution in [0.5, 0.6) is 0 Å². The van der Waals surface area contributed by atoms with E-state index in [0.29, 0.717) is 12.2 Å². The van der Waals surface area contributed by atoms with Crippen molar-refractivity contribution in [2.75, 3.05) is 25.6 Å².